The summed E-state index contributed by atoms with van der Waals surface area (Å²) in [7, 11) is 0. The van der Waals surface area contributed by atoms with E-state index >= 15 is 0 Å². The molecule has 0 saturated carbocycles. The van der Waals surface area contributed by atoms with Gasteiger partial charge in [0.05, 0.1) is 6.61 Å². The largest absolute Gasteiger partial charge is 0.494 e. The standard InChI is InChI=1S/C16H23N3O/c1-5-20-14-8-6-7-13(9-14)15-16(17)19(10-11(2)3)12(4)18-15/h6-9,11H,5,10,17H2,1-4H3. The van der Waals surface area contributed by atoms with Gasteiger partial charge in [-0.15, -0.1) is 0 Å². The van der Waals surface area contributed by atoms with Crippen molar-refractivity contribution in [2.75, 3.05) is 12.3 Å². The Balaban J connectivity index is 2.40. The highest BCUT2D eigenvalue weighted by Gasteiger charge is 2.14. The van der Waals surface area contributed by atoms with Gasteiger partial charge in [0, 0.05) is 12.1 Å². The molecule has 108 valence electrons. The summed E-state index contributed by atoms with van der Waals surface area (Å²) in [5.41, 5.74) is 8.10. The predicted molar refractivity (Wildman–Crippen MR) is 82.8 cm³/mol. The highest BCUT2D eigenvalue weighted by molar-refractivity contribution is 5.72. The molecule has 0 bridgehead atoms. The maximum absolute atomic E-state index is 6.27. The van der Waals surface area contributed by atoms with Gasteiger partial charge in [-0.1, -0.05) is 26.0 Å². The van der Waals surface area contributed by atoms with Gasteiger partial charge in [-0.2, -0.15) is 0 Å². The molecule has 0 aliphatic heterocycles. The first-order chi connectivity index (χ1) is 9.52. The number of nitrogens with two attached hydrogens (primary N) is 1. The van der Waals surface area contributed by atoms with Crippen molar-refractivity contribution in [2.45, 2.75) is 34.2 Å². The lowest BCUT2D eigenvalue weighted by Gasteiger charge is -2.10. The Morgan fingerprint density at radius 2 is 2.10 bits per heavy atom. The zero-order valence-electron chi connectivity index (χ0n) is 12.7. The van der Waals surface area contributed by atoms with Gasteiger partial charge in [0.25, 0.3) is 0 Å². The van der Waals surface area contributed by atoms with Crippen molar-refractivity contribution < 1.29 is 4.74 Å². The van der Waals surface area contributed by atoms with Crippen LogP contribution in [0.15, 0.2) is 24.3 Å². The third-order valence-corrected chi connectivity index (χ3v) is 3.16. The van der Waals surface area contributed by atoms with E-state index < -0.39 is 0 Å². The first-order valence-corrected chi connectivity index (χ1v) is 7.08. The molecule has 0 saturated heterocycles. The first-order valence-electron chi connectivity index (χ1n) is 7.08. The molecule has 2 N–H and O–H groups in total. The van der Waals surface area contributed by atoms with Crippen molar-refractivity contribution in [2.24, 2.45) is 5.92 Å². The van der Waals surface area contributed by atoms with Crippen molar-refractivity contribution >= 4 is 5.82 Å². The zero-order chi connectivity index (χ0) is 14.7. The number of aromatic nitrogens is 2. The predicted octanol–water partition coefficient (Wildman–Crippen LogP) is 3.50. The highest BCUT2D eigenvalue weighted by atomic mass is 16.5. The lowest BCUT2D eigenvalue weighted by atomic mass is 10.1. The Morgan fingerprint density at radius 3 is 2.75 bits per heavy atom. The van der Waals surface area contributed by atoms with E-state index in [4.69, 9.17) is 10.5 Å². The molecular weight excluding hydrogens is 250 g/mol. The molecule has 0 amide bonds. The molecule has 1 heterocycles. The first kappa shape index (κ1) is 14.4. The van der Waals surface area contributed by atoms with Crippen molar-refractivity contribution in [3.05, 3.63) is 30.1 Å². The van der Waals surface area contributed by atoms with Gasteiger partial charge in [0.1, 0.15) is 23.1 Å². The van der Waals surface area contributed by atoms with Crippen LogP contribution in [0.25, 0.3) is 11.3 Å². The molecule has 1 aromatic heterocycles. The SMILES string of the molecule is CCOc1cccc(-c2nc(C)n(CC(C)C)c2N)c1. The van der Waals surface area contributed by atoms with Crippen LogP contribution in [0.4, 0.5) is 5.82 Å². The van der Waals surface area contributed by atoms with Crippen molar-refractivity contribution in [3.8, 4) is 17.0 Å². The molecular formula is C16H23N3O. The molecule has 20 heavy (non-hydrogen) atoms. The average molecular weight is 273 g/mol. The Morgan fingerprint density at radius 1 is 1.35 bits per heavy atom. The molecule has 0 radical (unpaired) electrons. The van der Waals surface area contributed by atoms with Gasteiger partial charge in [-0.3, -0.25) is 0 Å². The van der Waals surface area contributed by atoms with E-state index in [9.17, 15) is 0 Å². The number of hydrogen-bond acceptors (Lipinski definition) is 3. The van der Waals surface area contributed by atoms with Crippen molar-refractivity contribution in [1.82, 2.24) is 9.55 Å². The topological polar surface area (TPSA) is 53.1 Å². The summed E-state index contributed by atoms with van der Waals surface area (Å²) < 4.78 is 7.61. The molecule has 2 rings (SSSR count). The monoisotopic (exact) mass is 273 g/mol. The number of anilines is 1. The minimum atomic E-state index is 0.535. The maximum Gasteiger partial charge on any atom is 0.131 e. The van der Waals surface area contributed by atoms with Gasteiger partial charge in [0.2, 0.25) is 0 Å². The molecule has 0 spiro atoms. The van der Waals surface area contributed by atoms with Gasteiger partial charge in [-0.25, -0.2) is 4.98 Å². The summed E-state index contributed by atoms with van der Waals surface area (Å²) in [4.78, 5) is 4.62. The summed E-state index contributed by atoms with van der Waals surface area (Å²) >= 11 is 0. The van der Waals surface area contributed by atoms with Gasteiger partial charge in [-0.05, 0) is 31.9 Å². The number of imidazole rings is 1. The number of ether oxygens (including phenoxy) is 1. The maximum atomic E-state index is 6.27. The lowest BCUT2D eigenvalue weighted by molar-refractivity contribution is 0.340. The van der Waals surface area contributed by atoms with E-state index in [0.29, 0.717) is 12.5 Å². The number of aryl methyl sites for hydroxylation is 1. The summed E-state index contributed by atoms with van der Waals surface area (Å²) in [5.74, 6) is 3.06. The Bertz CT molecular complexity index is 587. The number of hydrogen-bond donors (Lipinski definition) is 1. The van der Waals surface area contributed by atoms with Crippen LogP contribution in [0.1, 0.15) is 26.6 Å². The van der Waals surface area contributed by atoms with E-state index in [1.165, 1.54) is 0 Å². The molecule has 0 fully saturated rings. The third kappa shape index (κ3) is 2.95. The van der Waals surface area contributed by atoms with Gasteiger partial charge in [0.15, 0.2) is 0 Å². The van der Waals surface area contributed by atoms with Crippen LogP contribution in [-0.4, -0.2) is 16.2 Å². The van der Waals surface area contributed by atoms with Crippen LogP contribution < -0.4 is 10.5 Å². The molecule has 0 atom stereocenters. The van der Waals surface area contributed by atoms with Crippen molar-refractivity contribution in [1.29, 1.82) is 0 Å². The van der Waals surface area contributed by atoms with Crippen LogP contribution in [0.2, 0.25) is 0 Å². The molecule has 0 aliphatic rings. The van der Waals surface area contributed by atoms with E-state index in [1.807, 2.05) is 38.1 Å². The van der Waals surface area contributed by atoms with E-state index in [-0.39, 0.29) is 0 Å². The Labute approximate surface area is 120 Å². The Hall–Kier alpha value is -1.97. The fourth-order valence-corrected chi connectivity index (χ4v) is 2.29. The van der Waals surface area contributed by atoms with Crippen molar-refractivity contribution in [3.63, 3.8) is 0 Å². The average Bonchev–Trinajstić information content (AvgIpc) is 2.67. The normalized spacial score (nSPS) is 11.1. The Kier molecular flexibility index (Phi) is 4.32. The summed E-state index contributed by atoms with van der Waals surface area (Å²) in [6, 6.07) is 7.92. The van der Waals surface area contributed by atoms with E-state index in [1.54, 1.807) is 0 Å². The molecule has 1 aromatic carbocycles. The van der Waals surface area contributed by atoms with Crippen LogP contribution >= 0.6 is 0 Å². The number of benzene rings is 1. The van der Waals surface area contributed by atoms with Gasteiger partial charge < -0.3 is 15.0 Å². The molecule has 4 nitrogen and oxygen atoms in total. The van der Waals surface area contributed by atoms with E-state index in [0.717, 1.165) is 35.2 Å². The number of rotatable bonds is 5. The smallest absolute Gasteiger partial charge is 0.131 e. The molecule has 4 heteroatoms. The number of nitrogens with zero attached hydrogens (tertiary/aromatic N) is 2. The molecule has 0 aliphatic carbocycles. The molecule has 0 unspecified atom stereocenters. The number of nitrogen functional groups attached to an aromatic ring is 1. The fourth-order valence-electron chi connectivity index (χ4n) is 2.29. The van der Waals surface area contributed by atoms with Gasteiger partial charge >= 0.3 is 0 Å². The third-order valence-electron chi connectivity index (χ3n) is 3.16. The quantitative estimate of drug-likeness (QED) is 0.907. The zero-order valence-corrected chi connectivity index (χ0v) is 12.7. The minimum absolute atomic E-state index is 0.535. The van der Waals surface area contributed by atoms with Crippen LogP contribution in [-0.2, 0) is 6.54 Å². The second kappa shape index (κ2) is 5.99. The molecule has 2 aromatic rings. The van der Waals surface area contributed by atoms with Crippen LogP contribution in [0.3, 0.4) is 0 Å². The van der Waals surface area contributed by atoms with E-state index in [2.05, 4.69) is 23.4 Å². The highest BCUT2D eigenvalue weighted by Crippen LogP contribution is 2.29. The minimum Gasteiger partial charge on any atom is -0.494 e. The summed E-state index contributed by atoms with van der Waals surface area (Å²) in [6.07, 6.45) is 0. The lowest BCUT2D eigenvalue weighted by Crippen LogP contribution is -2.09. The second-order valence-electron chi connectivity index (χ2n) is 5.36. The van der Waals surface area contributed by atoms with Crippen LogP contribution in [0.5, 0.6) is 5.75 Å². The van der Waals surface area contributed by atoms with Crippen LogP contribution in [0, 0.1) is 12.8 Å². The fraction of sp³-hybridized carbons (Fsp3) is 0.438. The summed E-state index contributed by atoms with van der Waals surface area (Å²) in [5, 5.41) is 0. The second-order valence-corrected chi connectivity index (χ2v) is 5.36. The summed E-state index contributed by atoms with van der Waals surface area (Å²) in [6.45, 7) is 9.86.